The molecule has 0 atom stereocenters. The summed E-state index contributed by atoms with van der Waals surface area (Å²) in [4.78, 5) is 16.1. The van der Waals surface area contributed by atoms with Gasteiger partial charge in [-0.25, -0.2) is 4.98 Å². The Balaban J connectivity index is 2.36. The second-order valence-corrected chi connectivity index (χ2v) is 4.43. The average molecular weight is 326 g/mol. The molecule has 1 heterocycles. The molecule has 8 heteroatoms. The molecule has 1 aromatic carbocycles. The largest absolute Gasteiger partial charge is 0.495 e. The van der Waals surface area contributed by atoms with Crippen LogP contribution < -0.4 is 14.8 Å². The highest BCUT2D eigenvalue weighted by molar-refractivity contribution is 6.06. The number of nitrogens with zero attached hydrogens (tertiary/aromatic N) is 1. The van der Waals surface area contributed by atoms with Crippen LogP contribution in [0.3, 0.4) is 0 Å². The highest BCUT2D eigenvalue weighted by Gasteiger charge is 2.31. The number of anilines is 1. The van der Waals surface area contributed by atoms with Crippen molar-refractivity contribution in [3.63, 3.8) is 0 Å². The van der Waals surface area contributed by atoms with E-state index >= 15 is 0 Å². The molecule has 0 bridgehead atoms. The third kappa shape index (κ3) is 3.71. The lowest BCUT2D eigenvalue weighted by molar-refractivity contribution is -0.137. The van der Waals surface area contributed by atoms with Crippen LogP contribution in [0.5, 0.6) is 11.6 Å². The number of carbonyl (C=O) groups is 1. The van der Waals surface area contributed by atoms with Gasteiger partial charge in [0.15, 0.2) is 0 Å². The molecule has 1 aromatic heterocycles. The van der Waals surface area contributed by atoms with Crippen LogP contribution in [0.25, 0.3) is 0 Å². The minimum atomic E-state index is -4.53. The van der Waals surface area contributed by atoms with Crippen molar-refractivity contribution < 1.29 is 27.4 Å². The van der Waals surface area contributed by atoms with Crippen molar-refractivity contribution in [1.29, 1.82) is 0 Å². The van der Waals surface area contributed by atoms with E-state index in [-0.39, 0.29) is 22.9 Å². The van der Waals surface area contributed by atoms with Crippen molar-refractivity contribution in [2.75, 3.05) is 19.5 Å². The molecule has 1 N–H and O–H groups in total. The maximum atomic E-state index is 12.8. The predicted molar refractivity (Wildman–Crippen MR) is 76.7 cm³/mol. The fourth-order valence-corrected chi connectivity index (χ4v) is 1.90. The molecule has 23 heavy (non-hydrogen) atoms. The number of pyridine rings is 1. The molecule has 0 aliphatic rings. The Labute approximate surface area is 130 Å². The smallest absolute Gasteiger partial charge is 0.416 e. The molecule has 0 spiro atoms. The minimum absolute atomic E-state index is 0.0657. The summed E-state index contributed by atoms with van der Waals surface area (Å²) in [7, 11) is 2.63. The number of amides is 1. The number of nitrogens with one attached hydrogen (secondary N) is 1. The Morgan fingerprint density at radius 3 is 2.52 bits per heavy atom. The molecule has 0 aliphatic carbocycles. The number of hydrogen-bond acceptors (Lipinski definition) is 4. The Hall–Kier alpha value is -2.77. The molecule has 2 rings (SSSR count). The van der Waals surface area contributed by atoms with Gasteiger partial charge in [-0.2, -0.15) is 13.2 Å². The van der Waals surface area contributed by atoms with Crippen LogP contribution in [0.4, 0.5) is 18.9 Å². The molecule has 0 saturated carbocycles. The van der Waals surface area contributed by atoms with Gasteiger partial charge in [-0.1, -0.05) is 0 Å². The van der Waals surface area contributed by atoms with E-state index in [1.54, 1.807) is 0 Å². The van der Waals surface area contributed by atoms with Crippen LogP contribution in [0.1, 0.15) is 15.9 Å². The number of benzene rings is 1. The number of alkyl halides is 3. The quantitative estimate of drug-likeness (QED) is 0.936. The minimum Gasteiger partial charge on any atom is -0.495 e. The van der Waals surface area contributed by atoms with E-state index in [0.717, 1.165) is 18.2 Å². The zero-order chi connectivity index (χ0) is 17.0. The predicted octanol–water partition coefficient (Wildman–Crippen LogP) is 3.37. The summed E-state index contributed by atoms with van der Waals surface area (Å²) in [6.07, 6.45) is -3.10. The average Bonchev–Trinajstić information content (AvgIpc) is 2.53. The first-order chi connectivity index (χ1) is 10.9. The molecular formula is C15H13F3N2O3. The van der Waals surface area contributed by atoms with Gasteiger partial charge in [0.1, 0.15) is 11.3 Å². The molecule has 0 saturated heterocycles. The standard InChI is InChI=1S/C15H13F3N2O3/c1-22-12-6-5-9(15(16,17)18)8-11(12)20-13(21)10-4-3-7-19-14(10)23-2/h3-8H,1-2H3,(H,20,21). The van der Waals surface area contributed by atoms with Crippen molar-refractivity contribution in [3.05, 3.63) is 47.7 Å². The SMILES string of the molecule is COc1ccc(C(F)(F)F)cc1NC(=O)c1cccnc1OC. The lowest BCUT2D eigenvalue weighted by Gasteiger charge is -2.14. The fraction of sp³-hybridized carbons (Fsp3) is 0.200. The number of carbonyl (C=O) groups excluding carboxylic acids is 1. The van der Waals surface area contributed by atoms with Crippen LogP contribution >= 0.6 is 0 Å². The van der Waals surface area contributed by atoms with E-state index in [1.165, 1.54) is 32.5 Å². The van der Waals surface area contributed by atoms with E-state index in [4.69, 9.17) is 9.47 Å². The fourth-order valence-electron chi connectivity index (χ4n) is 1.90. The molecule has 0 radical (unpaired) electrons. The van der Waals surface area contributed by atoms with Gasteiger partial charge in [0.05, 0.1) is 25.5 Å². The number of methoxy groups -OCH3 is 2. The molecule has 2 aromatic rings. The maximum Gasteiger partial charge on any atom is 0.416 e. The summed E-state index contributed by atoms with van der Waals surface area (Å²) in [6.45, 7) is 0. The zero-order valence-electron chi connectivity index (χ0n) is 12.3. The number of hydrogen-bond donors (Lipinski definition) is 1. The van der Waals surface area contributed by atoms with Crippen molar-refractivity contribution in [3.8, 4) is 11.6 Å². The van der Waals surface area contributed by atoms with E-state index in [1.807, 2.05) is 0 Å². The van der Waals surface area contributed by atoms with Gasteiger partial charge >= 0.3 is 6.18 Å². The number of halogens is 3. The Kier molecular flexibility index (Phi) is 4.73. The van der Waals surface area contributed by atoms with E-state index in [9.17, 15) is 18.0 Å². The monoisotopic (exact) mass is 326 g/mol. The molecule has 5 nitrogen and oxygen atoms in total. The summed E-state index contributed by atoms with van der Waals surface area (Å²) < 4.78 is 48.3. The van der Waals surface area contributed by atoms with Crippen LogP contribution in [0.2, 0.25) is 0 Å². The first-order valence-corrected chi connectivity index (χ1v) is 6.42. The normalized spacial score (nSPS) is 11.0. The van der Waals surface area contributed by atoms with Crippen LogP contribution in [0.15, 0.2) is 36.5 Å². The van der Waals surface area contributed by atoms with Crippen LogP contribution in [0, 0.1) is 0 Å². The zero-order valence-corrected chi connectivity index (χ0v) is 12.3. The summed E-state index contributed by atoms with van der Waals surface area (Å²) in [5, 5.41) is 2.38. The van der Waals surface area contributed by atoms with Gasteiger partial charge < -0.3 is 14.8 Å². The van der Waals surface area contributed by atoms with E-state index in [2.05, 4.69) is 10.3 Å². The molecule has 0 fully saturated rings. The van der Waals surface area contributed by atoms with Gasteiger partial charge in [0, 0.05) is 6.20 Å². The lowest BCUT2D eigenvalue weighted by atomic mass is 10.1. The summed E-state index contributed by atoms with van der Waals surface area (Å²) in [5.41, 5.74) is -0.903. The lowest BCUT2D eigenvalue weighted by Crippen LogP contribution is -2.15. The van der Waals surface area contributed by atoms with Crippen molar-refractivity contribution in [2.45, 2.75) is 6.18 Å². The Morgan fingerprint density at radius 2 is 1.91 bits per heavy atom. The molecule has 122 valence electrons. The van der Waals surface area contributed by atoms with Gasteiger partial charge in [-0.05, 0) is 30.3 Å². The summed E-state index contributed by atoms with van der Waals surface area (Å²) in [5.74, 6) is -0.488. The topological polar surface area (TPSA) is 60.5 Å². The summed E-state index contributed by atoms with van der Waals surface area (Å²) in [6, 6.07) is 5.78. The molecule has 0 aliphatic heterocycles. The maximum absolute atomic E-state index is 12.8. The van der Waals surface area contributed by atoms with E-state index in [0.29, 0.717) is 0 Å². The third-order valence-corrected chi connectivity index (χ3v) is 2.98. The third-order valence-electron chi connectivity index (χ3n) is 2.98. The van der Waals surface area contributed by atoms with Crippen molar-refractivity contribution >= 4 is 11.6 Å². The van der Waals surface area contributed by atoms with Crippen LogP contribution in [-0.2, 0) is 6.18 Å². The highest BCUT2D eigenvalue weighted by atomic mass is 19.4. The second kappa shape index (κ2) is 6.55. The number of ether oxygens (including phenoxy) is 2. The van der Waals surface area contributed by atoms with Gasteiger partial charge in [-0.15, -0.1) is 0 Å². The second-order valence-electron chi connectivity index (χ2n) is 4.43. The summed E-state index contributed by atoms with van der Waals surface area (Å²) >= 11 is 0. The van der Waals surface area contributed by atoms with Gasteiger partial charge in [-0.3, -0.25) is 4.79 Å². The number of rotatable bonds is 4. The van der Waals surface area contributed by atoms with E-state index < -0.39 is 17.6 Å². The van der Waals surface area contributed by atoms with Crippen molar-refractivity contribution in [1.82, 2.24) is 4.98 Å². The van der Waals surface area contributed by atoms with Gasteiger partial charge in [0.25, 0.3) is 5.91 Å². The first-order valence-electron chi connectivity index (χ1n) is 6.42. The number of aromatic nitrogens is 1. The Morgan fingerprint density at radius 1 is 1.17 bits per heavy atom. The van der Waals surface area contributed by atoms with Gasteiger partial charge in [0.2, 0.25) is 5.88 Å². The molecule has 1 amide bonds. The molecular weight excluding hydrogens is 313 g/mol. The van der Waals surface area contributed by atoms with Crippen molar-refractivity contribution in [2.24, 2.45) is 0 Å². The molecule has 0 unspecified atom stereocenters. The highest BCUT2D eigenvalue weighted by Crippen LogP contribution is 2.35. The first kappa shape index (κ1) is 16.6. The van der Waals surface area contributed by atoms with Crippen LogP contribution in [-0.4, -0.2) is 25.1 Å². The Bertz CT molecular complexity index is 717.